The normalized spacial score (nSPS) is 10.5. The number of hydrogen-bond acceptors (Lipinski definition) is 4. The number of halogens is 2. The molecule has 2 N–H and O–H groups in total. The minimum absolute atomic E-state index is 0.145. The van der Waals surface area contributed by atoms with Crippen molar-refractivity contribution in [1.29, 1.82) is 0 Å². The first-order chi connectivity index (χ1) is 12.0. The Morgan fingerprint density at radius 1 is 1.04 bits per heavy atom. The lowest BCUT2D eigenvalue weighted by molar-refractivity contribution is 0.262. The molecule has 0 saturated heterocycles. The van der Waals surface area contributed by atoms with Gasteiger partial charge in [0.1, 0.15) is 0 Å². The molecule has 0 radical (unpaired) electrons. The molecule has 128 valence electrons. The number of rotatable bonds is 4. The minimum Gasteiger partial charge on any atom is -0.339 e. The monoisotopic (exact) mass is 344 g/mol. The molecule has 0 aliphatic carbocycles. The fourth-order valence-corrected chi connectivity index (χ4v) is 2.09. The van der Waals surface area contributed by atoms with Crippen LogP contribution in [0.15, 0.2) is 47.0 Å². The summed E-state index contributed by atoms with van der Waals surface area (Å²) in [5.74, 6) is -0.999. The van der Waals surface area contributed by atoms with Gasteiger partial charge in [-0.15, -0.1) is 0 Å². The molecule has 0 atom stereocenters. The largest absolute Gasteiger partial charge is 0.339 e. The Morgan fingerprint density at radius 2 is 1.72 bits per heavy atom. The summed E-state index contributed by atoms with van der Waals surface area (Å²) >= 11 is 0. The van der Waals surface area contributed by atoms with E-state index in [1.165, 1.54) is 6.07 Å². The zero-order chi connectivity index (χ0) is 17.8. The Hall–Kier alpha value is -3.29. The summed E-state index contributed by atoms with van der Waals surface area (Å²) in [6.45, 7) is 1.91. The molecule has 0 aliphatic heterocycles. The standard InChI is InChI=1S/C17H14F2N4O2/c1-2-15-22-16(23-25-15)10-3-5-11(6-4-10)20-17(24)21-12-7-8-13(18)14(19)9-12/h3-9H,2H2,1H3,(H2,20,21,24). The van der Waals surface area contributed by atoms with Crippen molar-refractivity contribution in [3.63, 3.8) is 0 Å². The molecular formula is C17H14F2N4O2. The number of nitrogens with one attached hydrogen (secondary N) is 2. The van der Waals surface area contributed by atoms with Gasteiger partial charge in [-0.1, -0.05) is 12.1 Å². The van der Waals surface area contributed by atoms with E-state index in [1.54, 1.807) is 24.3 Å². The summed E-state index contributed by atoms with van der Waals surface area (Å²) in [5.41, 5.74) is 1.41. The maximum atomic E-state index is 13.1. The smallest absolute Gasteiger partial charge is 0.323 e. The van der Waals surface area contributed by atoms with Crippen molar-refractivity contribution < 1.29 is 18.1 Å². The molecule has 3 aromatic rings. The van der Waals surface area contributed by atoms with E-state index in [1.807, 2.05) is 6.92 Å². The van der Waals surface area contributed by atoms with Gasteiger partial charge in [0.15, 0.2) is 11.6 Å². The highest BCUT2D eigenvalue weighted by atomic mass is 19.2. The number of nitrogens with zero attached hydrogens (tertiary/aromatic N) is 2. The zero-order valence-corrected chi connectivity index (χ0v) is 13.2. The van der Waals surface area contributed by atoms with Crippen molar-refractivity contribution in [2.45, 2.75) is 13.3 Å². The molecule has 25 heavy (non-hydrogen) atoms. The lowest BCUT2D eigenvalue weighted by Crippen LogP contribution is -2.19. The molecule has 0 unspecified atom stereocenters. The maximum absolute atomic E-state index is 13.1. The molecule has 0 bridgehead atoms. The van der Waals surface area contributed by atoms with Crippen molar-refractivity contribution >= 4 is 17.4 Å². The van der Waals surface area contributed by atoms with Crippen molar-refractivity contribution in [3.8, 4) is 11.4 Å². The molecule has 8 heteroatoms. The quantitative estimate of drug-likeness (QED) is 0.742. The van der Waals surface area contributed by atoms with Gasteiger partial charge >= 0.3 is 6.03 Å². The van der Waals surface area contributed by atoms with Crippen LogP contribution in [0.25, 0.3) is 11.4 Å². The Balaban J connectivity index is 1.64. The summed E-state index contributed by atoms with van der Waals surface area (Å²) in [7, 11) is 0. The van der Waals surface area contributed by atoms with Crippen LogP contribution in [0, 0.1) is 11.6 Å². The molecule has 1 aromatic heterocycles. The zero-order valence-electron chi connectivity index (χ0n) is 13.2. The number of amides is 2. The molecule has 2 aromatic carbocycles. The number of anilines is 2. The van der Waals surface area contributed by atoms with Gasteiger partial charge in [-0.05, 0) is 36.4 Å². The second-order valence-electron chi connectivity index (χ2n) is 5.15. The number of benzene rings is 2. The van der Waals surface area contributed by atoms with Gasteiger partial charge in [0, 0.05) is 29.4 Å². The Morgan fingerprint density at radius 3 is 2.36 bits per heavy atom. The van der Waals surface area contributed by atoms with Crippen molar-refractivity contribution in [3.05, 3.63) is 60.0 Å². The molecule has 2 amide bonds. The number of carbonyl (C=O) groups excluding carboxylic acids is 1. The second kappa shape index (κ2) is 7.08. The molecule has 0 aliphatic rings. The lowest BCUT2D eigenvalue weighted by Gasteiger charge is -2.08. The number of hydrogen-bond donors (Lipinski definition) is 2. The first kappa shape index (κ1) is 16.6. The molecular weight excluding hydrogens is 330 g/mol. The Labute approximate surface area is 141 Å². The third kappa shape index (κ3) is 3.97. The summed E-state index contributed by atoms with van der Waals surface area (Å²) in [6, 6.07) is 9.34. The molecule has 0 spiro atoms. The second-order valence-corrected chi connectivity index (χ2v) is 5.15. The van der Waals surface area contributed by atoms with Crippen LogP contribution in [-0.2, 0) is 6.42 Å². The van der Waals surface area contributed by atoms with Gasteiger partial charge in [0.2, 0.25) is 11.7 Å². The van der Waals surface area contributed by atoms with Crippen molar-refractivity contribution in [2.24, 2.45) is 0 Å². The van der Waals surface area contributed by atoms with Crippen LogP contribution in [0.4, 0.5) is 25.0 Å². The lowest BCUT2D eigenvalue weighted by atomic mass is 10.2. The van der Waals surface area contributed by atoms with Crippen LogP contribution in [0.2, 0.25) is 0 Å². The van der Waals surface area contributed by atoms with E-state index in [2.05, 4.69) is 20.8 Å². The van der Waals surface area contributed by atoms with E-state index in [9.17, 15) is 13.6 Å². The minimum atomic E-state index is -1.03. The van der Waals surface area contributed by atoms with Gasteiger partial charge in [0.05, 0.1) is 0 Å². The SMILES string of the molecule is CCc1nc(-c2ccc(NC(=O)Nc3ccc(F)c(F)c3)cc2)no1. The predicted octanol–water partition coefficient (Wildman–Crippen LogP) is 4.22. The van der Waals surface area contributed by atoms with Crippen LogP contribution in [0.1, 0.15) is 12.8 Å². The van der Waals surface area contributed by atoms with E-state index >= 15 is 0 Å². The Bertz CT molecular complexity index is 894. The van der Waals surface area contributed by atoms with E-state index in [0.717, 1.165) is 17.7 Å². The predicted molar refractivity (Wildman–Crippen MR) is 88.1 cm³/mol. The first-order valence-electron chi connectivity index (χ1n) is 7.51. The molecule has 1 heterocycles. The number of carbonyl (C=O) groups is 1. The average molecular weight is 344 g/mol. The van der Waals surface area contributed by atoms with E-state index in [-0.39, 0.29) is 5.69 Å². The summed E-state index contributed by atoms with van der Waals surface area (Å²) in [6.07, 6.45) is 0.650. The van der Waals surface area contributed by atoms with Gasteiger partial charge in [-0.25, -0.2) is 13.6 Å². The Kier molecular flexibility index (Phi) is 4.69. The van der Waals surface area contributed by atoms with Crippen LogP contribution in [0.5, 0.6) is 0 Å². The van der Waals surface area contributed by atoms with E-state index in [4.69, 9.17) is 4.52 Å². The third-order valence-electron chi connectivity index (χ3n) is 3.35. The summed E-state index contributed by atoms with van der Waals surface area (Å²) in [5, 5.41) is 8.88. The summed E-state index contributed by atoms with van der Waals surface area (Å²) in [4.78, 5) is 16.1. The van der Waals surface area contributed by atoms with Gasteiger partial charge < -0.3 is 15.2 Å². The highest BCUT2D eigenvalue weighted by Crippen LogP contribution is 2.19. The number of aryl methyl sites for hydroxylation is 1. The summed E-state index contributed by atoms with van der Waals surface area (Å²) < 4.78 is 31.0. The molecule has 0 fully saturated rings. The van der Waals surface area contributed by atoms with E-state index < -0.39 is 17.7 Å². The van der Waals surface area contributed by atoms with Crippen molar-refractivity contribution in [1.82, 2.24) is 10.1 Å². The third-order valence-corrected chi connectivity index (χ3v) is 3.35. The number of urea groups is 1. The highest BCUT2D eigenvalue weighted by Gasteiger charge is 2.09. The van der Waals surface area contributed by atoms with Crippen LogP contribution >= 0.6 is 0 Å². The van der Waals surface area contributed by atoms with Gasteiger partial charge in [-0.2, -0.15) is 4.98 Å². The van der Waals surface area contributed by atoms with Crippen molar-refractivity contribution in [2.75, 3.05) is 10.6 Å². The first-order valence-corrected chi connectivity index (χ1v) is 7.51. The molecule has 6 nitrogen and oxygen atoms in total. The fraction of sp³-hybridized carbons (Fsp3) is 0.118. The molecule has 3 rings (SSSR count). The highest BCUT2D eigenvalue weighted by molar-refractivity contribution is 5.99. The topological polar surface area (TPSA) is 80.0 Å². The van der Waals surface area contributed by atoms with Crippen LogP contribution in [-0.4, -0.2) is 16.2 Å². The molecule has 0 saturated carbocycles. The van der Waals surface area contributed by atoms with Gasteiger partial charge in [-0.3, -0.25) is 0 Å². The van der Waals surface area contributed by atoms with E-state index in [0.29, 0.717) is 23.8 Å². The van der Waals surface area contributed by atoms with Gasteiger partial charge in [0.25, 0.3) is 0 Å². The number of aromatic nitrogens is 2. The fourth-order valence-electron chi connectivity index (χ4n) is 2.09. The van der Waals surface area contributed by atoms with Crippen LogP contribution in [0.3, 0.4) is 0 Å². The average Bonchev–Trinajstić information content (AvgIpc) is 3.08. The van der Waals surface area contributed by atoms with Crippen LogP contribution < -0.4 is 10.6 Å². The maximum Gasteiger partial charge on any atom is 0.323 e.